The van der Waals surface area contributed by atoms with Gasteiger partial charge in [0.1, 0.15) is 5.82 Å². The van der Waals surface area contributed by atoms with E-state index in [-0.39, 0.29) is 41.7 Å². The van der Waals surface area contributed by atoms with Crippen molar-refractivity contribution in [3.63, 3.8) is 0 Å². The zero-order valence-electron chi connectivity index (χ0n) is 17.1. The van der Waals surface area contributed by atoms with Gasteiger partial charge in [0.15, 0.2) is 0 Å². The Morgan fingerprint density at radius 3 is 2.03 bits per heavy atom. The Balaban J connectivity index is 2.44. The molecule has 0 aromatic heterocycles. The number of carbonyl (C=O) groups is 3. The molecule has 6 nitrogen and oxygen atoms in total. The Morgan fingerprint density at radius 1 is 1.00 bits per heavy atom. The molecule has 0 saturated heterocycles. The topological polar surface area (TPSA) is 78.5 Å². The highest BCUT2D eigenvalue weighted by atomic mass is 19.1. The monoisotopic (exact) mass is 399 g/mol. The van der Waals surface area contributed by atoms with Crippen molar-refractivity contribution in [3.05, 3.63) is 59.4 Å². The lowest BCUT2D eigenvalue weighted by molar-refractivity contribution is -0.115. The normalized spacial score (nSPS) is 11.5. The number of carbonyl (C=O) groups excluding carboxylic acids is 3. The summed E-state index contributed by atoms with van der Waals surface area (Å²) in [5.74, 6) is -1.29. The first-order chi connectivity index (χ1) is 13.7. The lowest BCUT2D eigenvalue weighted by Crippen LogP contribution is -2.38. The van der Waals surface area contributed by atoms with E-state index in [1.54, 1.807) is 41.3 Å². The van der Waals surface area contributed by atoms with Crippen molar-refractivity contribution in [1.82, 2.24) is 4.90 Å². The van der Waals surface area contributed by atoms with Crippen LogP contribution in [0.15, 0.2) is 42.5 Å². The first-order valence-electron chi connectivity index (χ1n) is 9.46. The Labute approximate surface area is 170 Å². The number of benzene rings is 2. The minimum Gasteiger partial charge on any atom is -0.332 e. The van der Waals surface area contributed by atoms with E-state index in [1.807, 2.05) is 13.8 Å². The van der Waals surface area contributed by atoms with Crippen LogP contribution in [0.1, 0.15) is 50.0 Å². The van der Waals surface area contributed by atoms with E-state index in [0.29, 0.717) is 23.4 Å². The molecule has 2 rings (SSSR count). The van der Waals surface area contributed by atoms with Gasteiger partial charge >= 0.3 is 0 Å². The molecule has 0 aliphatic heterocycles. The van der Waals surface area contributed by atoms with E-state index in [2.05, 4.69) is 10.6 Å². The third-order valence-corrected chi connectivity index (χ3v) is 4.50. The molecule has 2 aromatic rings. The minimum absolute atomic E-state index is 0.111. The minimum atomic E-state index is -0.375. The average molecular weight is 399 g/mol. The third kappa shape index (κ3) is 6.14. The van der Waals surface area contributed by atoms with Crippen molar-refractivity contribution in [3.8, 4) is 0 Å². The molecule has 0 aliphatic rings. The fourth-order valence-corrected chi connectivity index (χ4v) is 2.93. The van der Waals surface area contributed by atoms with Gasteiger partial charge in [-0.15, -0.1) is 0 Å². The molecule has 3 amide bonds. The summed E-state index contributed by atoms with van der Waals surface area (Å²) in [6, 6.07) is 10.9. The summed E-state index contributed by atoms with van der Waals surface area (Å²) in [4.78, 5) is 37.8. The first kappa shape index (κ1) is 22.1. The molecule has 7 heteroatoms. The third-order valence-electron chi connectivity index (χ3n) is 4.50. The fourth-order valence-electron chi connectivity index (χ4n) is 2.93. The summed E-state index contributed by atoms with van der Waals surface area (Å²) in [5.41, 5.74) is 1.49. The molecule has 1 atom stereocenters. The van der Waals surface area contributed by atoms with Crippen LogP contribution in [0, 0.1) is 5.82 Å². The second-order valence-electron chi connectivity index (χ2n) is 6.94. The lowest BCUT2D eigenvalue weighted by Gasteiger charge is -2.29. The van der Waals surface area contributed by atoms with Gasteiger partial charge in [0.25, 0.3) is 5.91 Å². The second-order valence-corrected chi connectivity index (χ2v) is 6.94. The van der Waals surface area contributed by atoms with Crippen molar-refractivity contribution < 1.29 is 18.8 Å². The number of amides is 3. The molecule has 0 bridgehead atoms. The number of halogens is 1. The maximum atomic E-state index is 14.2. The summed E-state index contributed by atoms with van der Waals surface area (Å²) >= 11 is 0. The number of hydrogen-bond donors (Lipinski definition) is 2. The molecular weight excluding hydrogens is 373 g/mol. The van der Waals surface area contributed by atoms with Gasteiger partial charge in [0.05, 0.1) is 0 Å². The second kappa shape index (κ2) is 9.82. The quantitative estimate of drug-likeness (QED) is 0.733. The molecule has 2 N–H and O–H groups in total. The number of hydrogen-bond acceptors (Lipinski definition) is 3. The number of nitrogens with zero attached hydrogens (tertiary/aromatic N) is 1. The molecule has 0 spiro atoms. The number of rotatable bonds is 7. The molecule has 0 aliphatic carbocycles. The van der Waals surface area contributed by atoms with Crippen LogP contribution in [0.5, 0.6) is 0 Å². The largest absolute Gasteiger partial charge is 0.332 e. The van der Waals surface area contributed by atoms with Gasteiger partial charge in [-0.1, -0.05) is 25.1 Å². The molecule has 0 saturated carbocycles. The van der Waals surface area contributed by atoms with Gasteiger partial charge in [-0.2, -0.15) is 0 Å². The van der Waals surface area contributed by atoms with Crippen molar-refractivity contribution in [2.75, 3.05) is 10.6 Å². The Hall–Kier alpha value is -3.22. The highest BCUT2D eigenvalue weighted by molar-refractivity contribution is 6.00. The highest BCUT2D eigenvalue weighted by Gasteiger charge is 2.23. The van der Waals surface area contributed by atoms with Crippen LogP contribution in [-0.4, -0.2) is 28.7 Å². The Morgan fingerprint density at radius 2 is 1.55 bits per heavy atom. The van der Waals surface area contributed by atoms with Crippen LogP contribution in [-0.2, 0) is 16.1 Å². The lowest BCUT2D eigenvalue weighted by atomic mass is 10.1. The average Bonchev–Trinajstić information content (AvgIpc) is 2.65. The Bertz CT molecular complexity index is 880. The maximum Gasteiger partial charge on any atom is 0.254 e. The van der Waals surface area contributed by atoms with E-state index in [1.165, 1.54) is 19.9 Å². The van der Waals surface area contributed by atoms with Gasteiger partial charge in [0, 0.05) is 48.9 Å². The molecule has 0 radical (unpaired) electrons. The van der Waals surface area contributed by atoms with Crippen LogP contribution in [0.25, 0.3) is 0 Å². The van der Waals surface area contributed by atoms with E-state index in [0.717, 1.165) is 0 Å². The maximum absolute atomic E-state index is 14.2. The molecular formula is C22H26FN3O3. The summed E-state index contributed by atoms with van der Waals surface area (Å²) in [6.45, 7) is 6.67. The first-order valence-corrected chi connectivity index (χ1v) is 9.46. The smallest absolute Gasteiger partial charge is 0.254 e. The molecule has 154 valence electrons. The van der Waals surface area contributed by atoms with E-state index >= 15 is 0 Å². The van der Waals surface area contributed by atoms with Crippen LogP contribution in [0.4, 0.5) is 15.8 Å². The number of anilines is 2. The summed E-state index contributed by atoms with van der Waals surface area (Å²) < 4.78 is 14.2. The van der Waals surface area contributed by atoms with Gasteiger partial charge in [-0.3, -0.25) is 14.4 Å². The van der Waals surface area contributed by atoms with Crippen LogP contribution < -0.4 is 10.6 Å². The van der Waals surface area contributed by atoms with Crippen molar-refractivity contribution in [2.24, 2.45) is 0 Å². The molecule has 0 heterocycles. The van der Waals surface area contributed by atoms with E-state index in [4.69, 9.17) is 0 Å². The zero-order valence-corrected chi connectivity index (χ0v) is 17.1. The summed E-state index contributed by atoms with van der Waals surface area (Å²) in [5, 5.41) is 5.27. The molecule has 2 aromatic carbocycles. The summed E-state index contributed by atoms with van der Waals surface area (Å²) in [7, 11) is 0. The van der Waals surface area contributed by atoms with Crippen molar-refractivity contribution >= 4 is 29.1 Å². The highest BCUT2D eigenvalue weighted by Crippen LogP contribution is 2.23. The Kier molecular flexibility index (Phi) is 7.47. The van der Waals surface area contributed by atoms with Gasteiger partial charge in [-0.25, -0.2) is 4.39 Å². The van der Waals surface area contributed by atoms with Gasteiger partial charge < -0.3 is 15.5 Å². The predicted octanol–water partition coefficient (Wildman–Crippen LogP) is 4.18. The molecule has 0 unspecified atom stereocenters. The molecule has 29 heavy (non-hydrogen) atoms. The van der Waals surface area contributed by atoms with Gasteiger partial charge in [-0.05, 0) is 37.6 Å². The SMILES string of the molecule is CC[C@H](C)N(Cc1ccccc1F)C(=O)c1cc(NC(C)=O)cc(NC(C)=O)c1. The number of nitrogens with one attached hydrogen (secondary N) is 2. The van der Waals surface area contributed by atoms with Crippen molar-refractivity contribution in [2.45, 2.75) is 46.7 Å². The van der Waals surface area contributed by atoms with Crippen molar-refractivity contribution in [1.29, 1.82) is 0 Å². The predicted molar refractivity (Wildman–Crippen MR) is 111 cm³/mol. The molecule has 0 fully saturated rings. The van der Waals surface area contributed by atoms with E-state index in [9.17, 15) is 18.8 Å². The van der Waals surface area contributed by atoms with Crippen LogP contribution >= 0.6 is 0 Å². The van der Waals surface area contributed by atoms with E-state index < -0.39 is 0 Å². The summed E-state index contributed by atoms with van der Waals surface area (Å²) in [6.07, 6.45) is 0.685. The standard InChI is InChI=1S/C22H26FN3O3/c1-5-14(2)26(13-17-8-6-7-9-21(17)23)22(29)18-10-19(24-15(3)27)12-20(11-18)25-16(4)28/h6-12,14H,5,13H2,1-4H3,(H,24,27)(H,25,28)/t14-/m0/s1. The van der Waals surface area contributed by atoms with Crippen LogP contribution in [0.3, 0.4) is 0 Å². The van der Waals surface area contributed by atoms with Gasteiger partial charge in [0.2, 0.25) is 11.8 Å². The zero-order chi connectivity index (χ0) is 21.6. The fraction of sp³-hybridized carbons (Fsp3) is 0.318. The van der Waals surface area contributed by atoms with Crippen LogP contribution in [0.2, 0.25) is 0 Å².